The smallest absolute Gasteiger partial charge is 0.242 e. The van der Waals surface area contributed by atoms with E-state index in [2.05, 4.69) is 0 Å². The van der Waals surface area contributed by atoms with Gasteiger partial charge in [0.25, 0.3) is 0 Å². The molecule has 2 heterocycles. The molecule has 0 saturated carbocycles. The van der Waals surface area contributed by atoms with E-state index in [0.717, 1.165) is 4.88 Å². The third kappa shape index (κ3) is 3.59. The number of carbonyl (C=O) groups is 2. The number of carbonyl (C=O) groups excluding carboxylic acids is 2. The van der Waals surface area contributed by atoms with Gasteiger partial charge in [-0.3, -0.25) is 14.5 Å². The molecular weight excluding hydrogens is 324 g/mol. The fourth-order valence-corrected chi connectivity index (χ4v) is 3.41. The fraction of sp³-hybridized carbons (Fsp3) is 0.333. The fourth-order valence-electron chi connectivity index (χ4n) is 2.70. The molecular formula is C18H20N2O3S. The molecule has 1 aliphatic rings. The highest BCUT2D eigenvalue weighted by Gasteiger charge is 2.26. The van der Waals surface area contributed by atoms with Gasteiger partial charge in [-0.05, 0) is 30.5 Å². The molecule has 1 aromatic carbocycles. The number of anilines is 1. The van der Waals surface area contributed by atoms with Crippen molar-refractivity contribution < 1.29 is 14.3 Å². The van der Waals surface area contributed by atoms with Crippen molar-refractivity contribution >= 4 is 28.8 Å². The number of hydrogen-bond acceptors (Lipinski definition) is 4. The predicted molar refractivity (Wildman–Crippen MR) is 94.3 cm³/mol. The van der Waals surface area contributed by atoms with E-state index in [1.54, 1.807) is 21.1 Å². The van der Waals surface area contributed by atoms with Gasteiger partial charge in [0.2, 0.25) is 11.8 Å². The van der Waals surface area contributed by atoms with Gasteiger partial charge in [-0.15, -0.1) is 11.3 Å². The van der Waals surface area contributed by atoms with Gasteiger partial charge in [0.05, 0.1) is 25.3 Å². The van der Waals surface area contributed by atoms with Crippen LogP contribution in [0.25, 0.3) is 0 Å². The van der Waals surface area contributed by atoms with Crippen molar-refractivity contribution in [3.8, 4) is 5.75 Å². The molecule has 3 rings (SSSR count). The zero-order valence-electron chi connectivity index (χ0n) is 13.6. The summed E-state index contributed by atoms with van der Waals surface area (Å²) in [4.78, 5) is 29.6. The minimum absolute atomic E-state index is 0.0401. The third-order valence-corrected chi connectivity index (χ3v) is 4.85. The zero-order valence-corrected chi connectivity index (χ0v) is 14.4. The molecule has 0 atom stereocenters. The van der Waals surface area contributed by atoms with Crippen LogP contribution < -0.4 is 9.64 Å². The molecule has 0 unspecified atom stereocenters. The highest BCUT2D eigenvalue weighted by Crippen LogP contribution is 2.31. The van der Waals surface area contributed by atoms with Crippen LogP contribution in [0.4, 0.5) is 5.69 Å². The Kier molecular flexibility index (Phi) is 5.15. The molecule has 1 aliphatic heterocycles. The number of thiophene rings is 1. The van der Waals surface area contributed by atoms with Gasteiger partial charge in [0.15, 0.2) is 0 Å². The minimum atomic E-state index is -0.0829. The second-order valence-corrected chi connectivity index (χ2v) is 6.57. The second-order valence-electron chi connectivity index (χ2n) is 5.53. The topological polar surface area (TPSA) is 49.9 Å². The average Bonchev–Trinajstić information content (AvgIpc) is 3.05. The number of rotatable bonds is 5. The summed E-state index contributed by atoms with van der Waals surface area (Å²) in [5, 5.41) is 2.00. The standard InChI is InChI=1S/C18H20N2O3S/c1-2-19(12-14-6-5-11-24-14)18(22)13-20-15-7-3-4-8-16(15)23-10-9-17(20)21/h3-8,11H,2,9-10,12-13H2,1H3. The molecule has 6 heteroatoms. The van der Waals surface area contributed by atoms with Crippen molar-refractivity contribution in [3.63, 3.8) is 0 Å². The molecule has 0 bridgehead atoms. The summed E-state index contributed by atoms with van der Waals surface area (Å²) < 4.78 is 5.62. The molecule has 0 N–H and O–H groups in total. The average molecular weight is 344 g/mol. The number of fused-ring (bicyclic) bond motifs is 1. The summed E-state index contributed by atoms with van der Waals surface area (Å²) in [7, 11) is 0. The van der Waals surface area contributed by atoms with E-state index >= 15 is 0 Å². The van der Waals surface area contributed by atoms with E-state index in [0.29, 0.717) is 31.1 Å². The second kappa shape index (κ2) is 7.49. The van der Waals surface area contributed by atoms with Crippen molar-refractivity contribution in [3.05, 3.63) is 46.7 Å². The number of para-hydroxylation sites is 2. The number of ether oxygens (including phenoxy) is 1. The highest BCUT2D eigenvalue weighted by atomic mass is 32.1. The maximum Gasteiger partial charge on any atom is 0.242 e. The lowest BCUT2D eigenvalue weighted by molar-refractivity contribution is -0.131. The van der Waals surface area contributed by atoms with Crippen LogP contribution in [0.3, 0.4) is 0 Å². The molecule has 0 saturated heterocycles. The van der Waals surface area contributed by atoms with Crippen LogP contribution in [-0.2, 0) is 16.1 Å². The van der Waals surface area contributed by atoms with Crippen LogP contribution in [-0.4, -0.2) is 36.4 Å². The molecule has 2 aromatic rings. The third-order valence-electron chi connectivity index (χ3n) is 3.99. The molecule has 0 spiro atoms. The lowest BCUT2D eigenvalue weighted by Crippen LogP contribution is -2.42. The van der Waals surface area contributed by atoms with Gasteiger partial charge in [-0.2, -0.15) is 0 Å². The van der Waals surface area contributed by atoms with Crippen molar-refractivity contribution in [1.29, 1.82) is 0 Å². The normalized spacial score (nSPS) is 13.9. The van der Waals surface area contributed by atoms with Gasteiger partial charge in [0, 0.05) is 11.4 Å². The van der Waals surface area contributed by atoms with E-state index in [4.69, 9.17) is 4.74 Å². The van der Waals surface area contributed by atoms with E-state index in [1.165, 1.54) is 0 Å². The Labute approximate surface area is 145 Å². The van der Waals surface area contributed by atoms with Crippen LogP contribution in [0.15, 0.2) is 41.8 Å². The van der Waals surface area contributed by atoms with Crippen LogP contribution in [0.5, 0.6) is 5.75 Å². The summed E-state index contributed by atoms with van der Waals surface area (Å²) >= 11 is 1.63. The first-order chi connectivity index (χ1) is 11.7. The Hall–Kier alpha value is -2.34. The van der Waals surface area contributed by atoms with Crippen LogP contribution in [0.1, 0.15) is 18.2 Å². The largest absolute Gasteiger partial charge is 0.491 e. The quantitative estimate of drug-likeness (QED) is 0.838. The maximum absolute atomic E-state index is 12.7. The van der Waals surface area contributed by atoms with Crippen LogP contribution >= 0.6 is 11.3 Å². The number of likely N-dealkylation sites (N-methyl/N-ethyl adjacent to an activating group) is 1. The maximum atomic E-state index is 12.7. The van der Waals surface area contributed by atoms with Crippen LogP contribution in [0, 0.1) is 0 Å². The summed E-state index contributed by atoms with van der Waals surface area (Å²) in [5.74, 6) is 0.508. The number of hydrogen-bond donors (Lipinski definition) is 0. The lowest BCUT2D eigenvalue weighted by Gasteiger charge is -2.26. The van der Waals surface area contributed by atoms with Gasteiger partial charge in [0.1, 0.15) is 12.3 Å². The van der Waals surface area contributed by atoms with E-state index in [1.807, 2.05) is 48.7 Å². The Morgan fingerprint density at radius 2 is 2.12 bits per heavy atom. The Bertz CT molecular complexity index is 715. The number of benzene rings is 1. The number of amides is 2. The monoisotopic (exact) mass is 344 g/mol. The number of nitrogens with zero attached hydrogens (tertiary/aromatic N) is 2. The van der Waals surface area contributed by atoms with Crippen molar-refractivity contribution in [2.45, 2.75) is 19.9 Å². The highest BCUT2D eigenvalue weighted by molar-refractivity contribution is 7.09. The van der Waals surface area contributed by atoms with E-state index in [-0.39, 0.29) is 24.8 Å². The SMILES string of the molecule is CCN(Cc1cccs1)C(=O)CN1C(=O)CCOc2ccccc21. The molecule has 5 nitrogen and oxygen atoms in total. The summed E-state index contributed by atoms with van der Waals surface area (Å²) in [6.45, 7) is 3.52. The van der Waals surface area contributed by atoms with Crippen molar-refractivity contribution in [2.75, 3.05) is 24.6 Å². The first kappa shape index (κ1) is 16.5. The van der Waals surface area contributed by atoms with Gasteiger partial charge in [-0.25, -0.2) is 0 Å². The summed E-state index contributed by atoms with van der Waals surface area (Å²) in [6, 6.07) is 11.4. The Morgan fingerprint density at radius 3 is 2.88 bits per heavy atom. The minimum Gasteiger partial charge on any atom is -0.491 e. The zero-order chi connectivity index (χ0) is 16.9. The Balaban J connectivity index is 1.77. The first-order valence-electron chi connectivity index (χ1n) is 8.01. The van der Waals surface area contributed by atoms with E-state index < -0.39 is 0 Å². The molecule has 0 radical (unpaired) electrons. The predicted octanol–water partition coefficient (Wildman–Crippen LogP) is 2.91. The van der Waals surface area contributed by atoms with Crippen molar-refractivity contribution in [2.24, 2.45) is 0 Å². The molecule has 0 aliphatic carbocycles. The molecule has 126 valence electrons. The lowest BCUT2D eigenvalue weighted by atomic mass is 10.2. The molecule has 24 heavy (non-hydrogen) atoms. The van der Waals surface area contributed by atoms with Crippen molar-refractivity contribution in [1.82, 2.24) is 4.90 Å². The summed E-state index contributed by atoms with van der Waals surface area (Å²) in [6.07, 6.45) is 0.277. The molecule has 0 fully saturated rings. The van der Waals surface area contributed by atoms with Gasteiger partial charge >= 0.3 is 0 Å². The Morgan fingerprint density at radius 1 is 1.29 bits per heavy atom. The van der Waals surface area contributed by atoms with Crippen LogP contribution in [0.2, 0.25) is 0 Å². The summed E-state index contributed by atoms with van der Waals surface area (Å²) in [5.41, 5.74) is 0.667. The first-order valence-corrected chi connectivity index (χ1v) is 8.89. The van der Waals surface area contributed by atoms with Gasteiger partial charge < -0.3 is 9.64 Å². The molecule has 1 aromatic heterocycles. The molecule has 2 amide bonds. The van der Waals surface area contributed by atoms with E-state index in [9.17, 15) is 9.59 Å². The van der Waals surface area contributed by atoms with Gasteiger partial charge in [-0.1, -0.05) is 18.2 Å².